The monoisotopic (exact) mass is 322 g/mol. The fourth-order valence-corrected chi connectivity index (χ4v) is 2.50. The molecule has 0 fully saturated rings. The third kappa shape index (κ3) is 3.64. The van der Waals surface area contributed by atoms with Gasteiger partial charge in [-0.2, -0.15) is 0 Å². The largest absolute Gasteiger partial charge is 0.396 e. The molecule has 0 aliphatic rings. The third-order valence-corrected chi connectivity index (χ3v) is 3.71. The van der Waals surface area contributed by atoms with E-state index in [1.807, 2.05) is 37.3 Å². The molecule has 1 nitrogen and oxygen atoms in total. The zero-order valence-corrected chi connectivity index (χ0v) is 12.3. The quantitative estimate of drug-likeness (QED) is 0.893. The van der Waals surface area contributed by atoms with Crippen LogP contribution in [-0.2, 0) is 6.42 Å². The lowest BCUT2D eigenvalue weighted by Crippen LogP contribution is -2.09. The summed E-state index contributed by atoms with van der Waals surface area (Å²) in [6, 6.07) is 13.0. The summed E-state index contributed by atoms with van der Waals surface area (Å²) in [5, 5.41) is 9.55. The Morgan fingerprint density at radius 2 is 2.00 bits per heavy atom. The maximum absolute atomic E-state index is 13.8. The van der Waals surface area contributed by atoms with Gasteiger partial charge in [-0.1, -0.05) is 51.8 Å². The maximum Gasteiger partial charge on any atom is 0.127 e. The molecule has 0 aliphatic heterocycles. The van der Waals surface area contributed by atoms with Crippen LogP contribution in [0, 0.1) is 12.7 Å². The van der Waals surface area contributed by atoms with Crippen LogP contribution in [0.25, 0.3) is 0 Å². The van der Waals surface area contributed by atoms with Gasteiger partial charge in [-0.3, -0.25) is 0 Å². The van der Waals surface area contributed by atoms with Crippen molar-refractivity contribution in [2.24, 2.45) is 0 Å². The molecule has 100 valence electrons. The van der Waals surface area contributed by atoms with Crippen LogP contribution in [0.3, 0.4) is 0 Å². The van der Waals surface area contributed by atoms with Gasteiger partial charge in [-0.05, 0) is 36.6 Å². The Kier molecular flexibility index (Phi) is 4.72. The van der Waals surface area contributed by atoms with Crippen molar-refractivity contribution in [3.05, 3.63) is 69.4 Å². The minimum atomic E-state index is -0.236. The molecular formula is C16H16BrFO. The topological polar surface area (TPSA) is 20.2 Å². The number of aliphatic hydroxyl groups excluding tert-OH is 1. The van der Waals surface area contributed by atoms with Crippen molar-refractivity contribution in [3.63, 3.8) is 0 Å². The second-order valence-electron chi connectivity index (χ2n) is 4.73. The van der Waals surface area contributed by atoms with Crippen LogP contribution in [0.15, 0.2) is 46.9 Å². The first-order valence-electron chi connectivity index (χ1n) is 6.21. The highest BCUT2D eigenvalue weighted by atomic mass is 79.9. The number of aryl methyl sites for hydroxylation is 1. The van der Waals surface area contributed by atoms with Gasteiger partial charge in [0.05, 0.1) is 6.61 Å². The number of rotatable bonds is 4. The second kappa shape index (κ2) is 6.31. The van der Waals surface area contributed by atoms with Gasteiger partial charge < -0.3 is 5.11 Å². The summed E-state index contributed by atoms with van der Waals surface area (Å²) in [5.74, 6) is -0.309. The van der Waals surface area contributed by atoms with Crippen LogP contribution in [0.2, 0.25) is 0 Å². The summed E-state index contributed by atoms with van der Waals surface area (Å²) in [5.41, 5.74) is 2.82. The van der Waals surface area contributed by atoms with Crippen molar-refractivity contribution in [2.45, 2.75) is 19.3 Å². The third-order valence-electron chi connectivity index (χ3n) is 3.22. The van der Waals surface area contributed by atoms with E-state index in [0.29, 0.717) is 12.0 Å². The van der Waals surface area contributed by atoms with Crippen molar-refractivity contribution >= 4 is 15.9 Å². The number of hydrogen-bond acceptors (Lipinski definition) is 1. The lowest BCUT2D eigenvalue weighted by Gasteiger charge is -2.16. The van der Waals surface area contributed by atoms with Crippen molar-refractivity contribution < 1.29 is 9.50 Å². The highest BCUT2D eigenvalue weighted by Crippen LogP contribution is 2.24. The summed E-state index contributed by atoms with van der Waals surface area (Å²) < 4.78 is 14.6. The minimum absolute atomic E-state index is 0.0129. The fourth-order valence-electron chi connectivity index (χ4n) is 2.16. The SMILES string of the molecule is Cc1cccc(C(CO)Cc2ccc(Br)cc2F)c1. The molecule has 2 aromatic carbocycles. The zero-order valence-electron chi connectivity index (χ0n) is 10.7. The molecule has 3 heteroatoms. The predicted molar refractivity (Wildman–Crippen MR) is 78.8 cm³/mol. The lowest BCUT2D eigenvalue weighted by molar-refractivity contribution is 0.263. The molecule has 0 amide bonds. The average molecular weight is 323 g/mol. The molecule has 1 N–H and O–H groups in total. The van der Waals surface area contributed by atoms with E-state index in [1.165, 1.54) is 6.07 Å². The summed E-state index contributed by atoms with van der Waals surface area (Å²) >= 11 is 3.24. The molecule has 1 unspecified atom stereocenters. The maximum atomic E-state index is 13.8. The molecule has 0 bridgehead atoms. The molecule has 1 atom stereocenters. The highest BCUT2D eigenvalue weighted by Gasteiger charge is 2.14. The molecule has 2 aromatic rings. The molecule has 0 heterocycles. The Morgan fingerprint density at radius 1 is 1.21 bits per heavy atom. The molecule has 0 aliphatic carbocycles. The number of aliphatic hydroxyl groups is 1. The van der Waals surface area contributed by atoms with Crippen LogP contribution in [-0.4, -0.2) is 11.7 Å². The van der Waals surface area contributed by atoms with Crippen molar-refractivity contribution in [1.29, 1.82) is 0 Å². The average Bonchev–Trinajstić information content (AvgIpc) is 2.38. The Balaban J connectivity index is 2.24. The Labute approximate surface area is 121 Å². The van der Waals surface area contributed by atoms with Crippen molar-refractivity contribution in [1.82, 2.24) is 0 Å². The van der Waals surface area contributed by atoms with Gasteiger partial charge in [0.1, 0.15) is 5.82 Å². The van der Waals surface area contributed by atoms with Crippen LogP contribution < -0.4 is 0 Å². The van der Waals surface area contributed by atoms with E-state index in [1.54, 1.807) is 6.07 Å². The molecule has 0 aromatic heterocycles. The van der Waals surface area contributed by atoms with E-state index in [2.05, 4.69) is 15.9 Å². The van der Waals surface area contributed by atoms with Crippen LogP contribution in [0.5, 0.6) is 0 Å². The van der Waals surface area contributed by atoms with Gasteiger partial charge in [0.25, 0.3) is 0 Å². The Bertz CT molecular complexity index is 568. The van der Waals surface area contributed by atoms with Gasteiger partial charge in [0, 0.05) is 10.4 Å². The van der Waals surface area contributed by atoms with Gasteiger partial charge in [0.2, 0.25) is 0 Å². The molecule has 19 heavy (non-hydrogen) atoms. The number of benzene rings is 2. The van der Waals surface area contributed by atoms with E-state index in [9.17, 15) is 9.50 Å². The van der Waals surface area contributed by atoms with E-state index < -0.39 is 0 Å². The van der Waals surface area contributed by atoms with Crippen molar-refractivity contribution in [2.75, 3.05) is 6.61 Å². The number of hydrogen-bond donors (Lipinski definition) is 1. The minimum Gasteiger partial charge on any atom is -0.396 e. The molecular weight excluding hydrogens is 307 g/mol. The highest BCUT2D eigenvalue weighted by molar-refractivity contribution is 9.10. The Morgan fingerprint density at radius 3 is 2.63 bits per heavy atom. The second-order valence-corrected chi connectivity index (χ2v) is 5.65. The normalized spacial score (nSPS) is 12.4. The molecule has 0 saturated carbocycles. The first-order chi connectivity index (χ1) is 9.10. The van der Waals surface area contributed by atoms with Crippen molar-refractivity contribution in [3.8, 4) is 0 Å². The van der Waals surface area contributed by atoms with Gasteiger partial charge >= 0.3 is 0 Å². The number of halogens is 2. The lowest BCUT2D eigenvalue weighted by atomic mass is 9.91. The molecule has 0 spiro atoms. The molecule has 0 saturated heterocycles. The molecule has 0 radical (unpaired) electrons. The first-order valence-corrected chi connectivity index (χ1v) is 7.01. The van der Waals surface area contributed by atoms with Crippen LogP contribution in [0.1, 0.15) is 22.6 Å². The molecule has 2 rings (SSSR count). The van der Waals surface area contributed by atoms with E-state index in [4.69, 9.17) is 0 Å². The van der Waals surface area contributed by atoms with Gasteiger partial charge in [0.15, 0.2) is 0 Å². The fraction of sp³-hybridized carbons (Fsp3) is 0.250. The van der Waals surface area contributed by atoms with E-state index in [-0.39, 0.29) is 18.3 Å². The predicted octanol–water partition coefficient (Wildman–Crippen LogP) is 4.22. The van der Waals surface area contributed by atoms with E-state index in [0.717, 1.165) is 15.6 Å². The first kappa shape index (κ1) is 14.2. The van der Waals surface area contributed by atoms with Gasteiger partial charge in [-0.15, -0.1) is 0 Å². The standard InChI is InChI=1S/C16H16BrFO/c1-11-3-2-4-12(7-11)14(10-19)8-13-5-6-15(17)9-16(13)18/h2-7,9,14,19H,8,10H2,1H3. The zero-order chi connectivity index (χ0) is 13.8. The summed E-state index contributed by atoms with van der Waals surface area (Å²) in [7, 11) is 0. The summed E-state index contributed by atoms with van der Waals surface area (Å²) in [6.45, 7) is 2.02. The summed E-state index contributed by atoms with van der Waals surface area (Å²) in [6.07, 6.45) is 0.499. The van der Waals surface area contributed by atoms with Gasteiger partial charge in [-0.25, -0.2) is 4.39 Å². The Hall–Kier alpha value is -1.19. The van der Waals surface area contributed by atoms with Crippen LogP contribution in [0.4, 0.5) is 4.39 Å². The smallest absolute Gasteiger partial charge is 0.127 e. The van der Waals surface area contributed by atoms with E-state index >= 15 is 0 Å². The summed E-state index contributed by atoms with van der Waals surface area (Å²) in [4.78, 5) is 0. The van der Waals surface area contributed by atoms with Crippen LogP contribution >= 0.6 is 15.9 Å².